The molecule has 0 spiro atoms. The molecule has 1 aromatic rings. The zero-order chi connectivity index (χ0) is 16.1. The first-order valence-corrected chi connectivity index (χ1v) is 8.05. The number of likely N-dealkylation sites (tertiary alicyclic amines) is 1. The molecule has 0 aliphatic carbocycles. The number of halogens is 1. The summed E-state index contributed by atoms with van der Waals surface area (Å²) < 4.78 is 5.37. The Balaban J connectivity index is 2.06. The molecule has 1 saturated heterocycles. The Morgan fingerprint density at radius 3 is 2.95 bits per heavy atom. The molecule has 0 bridgehead atoms. The first kappa shape index (κ1) is 16.9. The average Bonchev–Trinajstić information content (AvgIpc) is 2.50. The molecule has 1 heterocycles. The number of carbonyl (C=O) groups excluding carboxylic acids is 1. The molecule has 122 valence electrons. The topological polar surface area (TPSA) is 61.8 Å². The second-order valence-corrected chi connectivity index (χ2v) is 5.98. The third-order valence-electron chi connectivity index (χ3n) is 4.05. The Labute approximate surface area is 136 Å². The standard InChI is InChI=1S/C16H23ClN2O3/c1-3-22-15-7-6-12(9-13(15)17)18-16(21)19-8-4-5-11(2)14(19)10-20/h6-7,9,11,14,20H,3-5,8,10H2,1-2H3,(H,18,21). The van der Waals surface area contributed by atoms with Gasteiger partial charge in [0.15, 0.2) is 0 Å². The Morgan fingerprint density at radius 2 is 2.32 bits per heavy atom. The van der Waals surface area contributed by atoms with E-state index in [0.717, 1.165) is 12.8 Å². The maximum absolute atomic E-state index is 12.4. The van der Waals surface area contributed by atoms with Crippen LogP contribution >= 0.6 is 11.6 Å². The molecule has 2 N–H and O–H groups in total. The smallest absolute Gasteiger partial charge is 0.322 e. The van der Waals surface area contributed by atoms with E-state index >= 15 is 0 Å². The van der Waals surface area contributed by atoms with Crippen molar-refractivity contribution in [1.29, 1.82) is 0 Å². The van der Waals surface area contributed by atoms with Crippen LogP contribution in [-0.2, 0) is 0 Å². The van der Waals surface area contributed by atoms with Gasteiger partial charge in [0.25, 0.3) is 0 Å². The normalized spacial score (nSPS) is 21.5. The van der Waals surface area contributed by atoms with Gasteiger partial charge in [0.05, 0.1) is 24.3 Å². The molecule has 0 aromatic heterocycles. The number of nitrogens with zero attached hydrogens (tertiary/aromatic N) is 1. The summed E-state index contributed by atoms with van der Waals surface area (Å²) in [5.74, 6) is 0.899. The SMILES string of the molecule is CCOc1ccc(NC(=O)N2CCCC(C)C2CO)cc1Cl. The van der Waals surface area contributed by atoms with Crippen molar-refractivity contribution in [3.63, 3.8) is 0 Å². The third-order valence-corrected chi connectivity index (χ3v) is 4.34. The van der Waals surface area contributed by atoms with E-state index in [1.165, 1.54) is 0 Å². The van der Waals surface area contributed by atoms with Gasteiger partial charge in [-0.1, -0.05) is 18.5 Å². The van der Waals surface area contributed by atoms with Gasteiger partial charge in [-0.3, -0.25) is 0 Å². The summed E-state index contributed by atoms with van der Waals surface area (Å²) in [6, 6.07) is 4.84. The molecule has 0 saturated carbocycles. The van der Waals surface area contributed by atoms with Gasteiger partial charge >= 0.3 is 6.03 Å². The van der Waals surface area contributed by atoms with Crippen LogP contribution in [0, 0.1) is 5.92 Å². The van der Waals surface area contributed by atoms with E-state index < -0.39 is 0 Å². The second-order valence-electron chi connectivity index (χ2n) is 5.57. The van der Waals surface area contributed by atoms with Crippen LogP contribution in [0.15, 0.2) is 18.2 Å². The van der Waals surface area contributed by atoms with Gasteiger partial charge in [0, 0.05) is 12.2 Å². The number of amides is 2. The summed E-state index contributed by atoms with van der Waals surface area (Å²) in [6.45, 7) is 5.13. The van der Waals surface area contributed by atoms with E-state index in [9.17, 15) is 9.90 Å². The minimum Gasteiger partial charge on any atom is -0.492 e. The maximum Gasteiger partial charge on any atom is 0.322 e. The predicted octanol–water partition coefficient (Wildman–Crippen LogP) is 3.36. The lowest BCUT2D eigenvalue weighted by Crippen LogP contribution is -2.51. The van der Waals surface area contributed by atoms with E-state index in [1.807, 2.05) is 6.92 Å². The molecule has 2 rings (SSSR count). The number of aliphatic hydroxyl groups excluding tert-OH is 1. The highest BCUT2D eigenvalue weighted by atomic mass is 35.5. The van der Waals surface area contributed by atoms with Crippen molar-refractivity contribution in [2.24, 2.45) is 5.92 Å². The van der Waals surface area contributed by atoms with Crippen LogP contribution in [-0.4, -0.2) is 41.8 Å². The van der Waals surface area contributed by atoms with Gasteiger partial charge < -0.3 is 20.1 Å². The van der Waals surface area contributed by atoms with E-state index in [0.29, 0.717) is 35.5 Å². The Bertz CT molecular complexity index is 524. The summed E-state index contributed by atoms with van der Waals surface area (Å²) in [5.41, 5.74) is 0.619. The zero-order valence-electron chi connectivity index (χ0n) is 13.0. The summed E-state index contributed by atoms with van der Waals surface area (Å²) in [7, 11) is 0. The molecule has 6 heteroatoms. The quantitative estimate of drug-likeness (QED) is 0.891. The average molecular weight is 327 g/mol. The molecule has 2 atom stereocenters. The number of benzene rings is 1. The number of carbonyl (C=O) groups is 1. The lowest BCUT2D eigenvalue weighted by atomic mass is 9.91. The summed E-state index contributed by atoms with van der Waals surface area (Å²) >= 11 is 6.13. The first-order chi connectivity index (χ1) is 10.6. The highest BCUT2D eigenvalue weighted by Gasteiger charge is 2.31. The van der Waals surface area contributed by atoms with Gasteiger partial charge in [-0.25, -0.2) is 4.79 Å². The van der Waals surface area contributed by atoms with Crippen LogP contribution in [0.25, 0.3) is 0 Å². The molecule has 0 radical (unpaired) electrons. The summed E-state index contributed by atoms with van der Waals surface area (Å²) in [5, 5.41) is 12.8. The molecule has 5 nitrogen and oxygen atoms in total. The van der Waals surface area contributed by atoms with E-state index in [4.69, 9.17) is 16.3 Å². The Kier molecular flexibility index (Phi) is 5.91. The van der Waals surface area contributed by atoms with Gasteiger partial charge in [0.1, 0.15) is 5.75 Å². The van der Waals surface area contributed by atoms with Crippen LogP contribution in [0.5, 0.6) is 5.75 Å². The fourth-order valence-electron chi connectivity index (χ4n) is 2.83. The number of nitrogens with one attached hydrogen (secondary N) is 1. The Hall–Kier alpha value is -1.46. The number of hydrogen-bond donors (Lipinski definition) is 2. The monoisotopic (exact) mass is 326 g/mol. The van der Waals surface area contributed by atoms with E-state index in [1.54, 1.807) is 23.1 Å². The molecule has 2 unspecified atom stereocenters. The van der Waals surface area contributed by atoms with Crippen LogP contribution in [0.4, 0.5) is 10.5 Å². The van der Waals surface area contributed by atoms with Crippen LogP contribution in [0.1, 0.15) is 26.7 Å². The van der Waals surface area contributed by atoms with Crippen LogP contribution < -0.4 is 10.1 Å². The molecular weight excluding hydrogens is 304 g/mol. The molecule has 1 aromatic carbocycles. The van der Waals surface area contributed by atoms with Crippen LogP contribution in [0.3, 0.4) is 0 Å². The molecule has 22 heavy (non-hydrogen) atoms. The summed E-state index contributed by atoms with van der Waals surface area (Å²) in [4.78, 5) is 14.1. The van der Waals surface area contributed by atoms with Crippen molar-refractivity contribution in [3.05, 3.63) is 23.2 Å². The predicted molar refractivity (Wildman–Crippen MR) is 87.6 cm³/mol. The minimum atomic E-state index is -0.203. The lowest BCUT2D eigenvalue weighted by molar-refractivity contribution is 0.0811. The highest BCUT2D eigenvalue weighted by Crippen LogP contribution is 2.28. The lowest BCUT2D eigenvalue weighted by Gasteiger charge is -2.38. The zero-order valence-corrected chi connectivity index (χ0v) is 13.8. The van der Waals surface area contributed by atoms with Crippen molar-refractivity contribution in [2.75, 3.05) is 25.1 Å². The molecule has 1 fully saturated rings. The number of piperidine rings is 1. The number of urea groups is 1. The fraction of sp³-hybridized carbons (Fsp3) is 0.562. The third kappa shape index (κ3) is 3.84. The number of rotatable bonds is 4. The molecule has 1 aliphatic heterocycles. The number of anilines is 1. The van der Waals surface area contributed by atoms with Crippen molar-refractivity contribution in [3.8, 4) is 5.75 Å². The van der Waals surface area contributed by atoms with Gasteiger partial charge in [-0.2, -0.15) is 0 Å². The van der Waals surface area contributed by atoms with Crippen molar-refractivity contribution in [1.82, 2.24) is 4.90 Å². The minimum absolute atomic E-state index is 0.0153. The van der Waals surface area contributed by atoms with Gasteiger partial charge in [-0.05, 0) is 43.9 Å². The van der Waals surface area contributed by atoms with Crippen LogP contribution in [0.2, 0.25) is 5.02 Å². The van der Waals surface area contributed by atoms with Crippen molar-refractivity contribution >= 4 is 23.3 Å². The second kappa shape index (κ2) is 7.70. The fourth-order valence-corrected chi connectivity index (χ4v) is 3.06. The molecular formula is C16H23ClN2O3. The summed E-state index contributed by atoms with van der Waals surface area (Å²) in [6.07, 6.45) is 1.99. The number of hydrogen-bond acceptors (Lipinski definition) is 3. The van der Waals surface area contributed by atoms with Crippen molar-refractivity contribution < 1.29 is 14.6 Å². The Morgan fingerprint density at radius 1 is 1.55 bits per heavy atom. The van der Waals surface area contributed by atoms with E-state index in [2.05, 4.69) is 12.2 Å². The first-order valence-electron chi connectivity index (χ1n) is 7.67. The highest BCUT2D eigenvalue weighted by molar-refractivity contribution is 6.32. The molecule has 2 amide bonds. The van der Waals surface area contributed by atoms with Gasteiger partial charge in [-0.15, -0.1) is 0 Å². The largest absolute Gasteiger partial charge is 0.492 e. The number of ether oxygens (including phenoxy) is 1. The van der Waals surface area contributed by atoms with E-state index in [-0.39, 0.29) is 18.7 Å². The van der Waals surface area contributed by atoms with Gasteiger partial charge in [0.2, 0.25) is 0 Å². The molecule has 1 aliphatic rings. The number of aliphatic hydroxyl groups is 1. The maximum atomic E-state index is 12.4. The van der Waals surface area contributed by atoms with Crippen molar-refractivity contribution in [2.45, 2.75) is 32.7 Å².